The van der Waals surface area contributed by atoms with Crippen LogP contribution in [0.5, 0.6) is 0 Å². The van der Waals surface area contributed by atoms with Crippen LogP contribution in [0, 0.1) is 11.8 Å². The summed E-state index contributed by atoms with van der Waals surface area (Å²) in [6, 6.07) is 3.43. The third kappa shape index (κ3) is 2.02. The Balaban J connectivity index is 1.62. The zero-order valence-corrected chi connectivity index (χ0v) is 12.4. The molecule has 24 heavy (non-hydrogen) atoms. The first kappa shape index (κ1) is 14.3. The number of urea groups is 2. The van der Waals surface area contributed by atoms with Crippen molar-refractivity contribution in [1.82, 2.24) is 21.3 Å². The molecule has 2 atom stereocenters. The number of nitrogens with one attached hydrogen (secondary N) is 4. The Bertz CT molecular complexity index is 882. The van der Waals surface area contributed by atoms with Crippen molar-refractivity contribution in [3.63, 3.8) is 0 Å². The van der Waals surface area contributed by atoms with Crippen LogP contribution in [-0.4, -0.2) is 29.9 Å². The summed E-state index contributed by atoms with van der Waals surface area (Å²) in [4.78, 5) is 46.1. The second-order valence-electron chi connectivity index (χ2n) is 5.85. The molecular formula is C16H12N4O4. The van der Waals surface area contributed by atoms with Crippen LogP contribution in [-0.2, 0) is 21.5 Å². The van der Waals surface area contributed by atoms with Crippen LogP contribution in [0.25, 0.3) is 0 Å². The largest absolute Gasteiger partial charge is 0.322 e. The molecule has 0 radical (unpaired) electrons. The minimum absolute atomic E-state index is 0.338. The summed E-state index contributed by atoms with van der Waals surface area (Å²) in [5.74, 6) is 4.74. The molecule has 1 aliphatic carbocycles. The molecule has 6 amide bonds. The van der Waals surface area contributed by atoms with Gasteiger partial charge in [-0.05, 0) is 36.1 Å². The number of fused-ring (bicyclic) bond motifs is 2. The van der Waals surface area contributed by atoms with Crippen LogP contribution in [0.4, 0.5) is 9.59 Å². The fraction of sp³-hybridized carbons (Fsp3) is 0.250. The third-order valence-electron chi connectivity index (χ3n) is 4.41. The molecule has 0 saturated carbocycles. The van der Waals surface area contributed by atoms with Gasteiger partial charge in [0.25, 0.3) is 11.8 Å². The van der Waals surface area contributed by atoms with Crippen molar-refractivity contribution in [3.05, 3.63) is 34.9 Å². The number of imide groups is 2. The Hall–Kier alpha value is -3.34. The van der Waals surface area contributed by atoms with Crippen LogP contribution < -0.4 is 21.3 Å². The van der Waals surface area contributed by atoms with Gasteiger partial charge in [-0.15, -0.1) is 0 Å². The standard InChI is InChI=1S/C16H12N4O4/c21-12-11(17-14(23)18-12)4-2-8-1-3-10-9(7-8)5-6-16(10)13(22)19-15(24)20-16/h1,3,7,11H,5-6H2,(H2,17,18,21,23)(H2,19,20,22,24)/t11-,16?/m0/s1. The average Bonchev–Trinajstić information content (AvgIpc) is 3.15. The van der Waals surface area contributed by atoms with Crippen LogP contribution >= 0.6 is 0 Å². The molecule has 0 bridgehead atoms. The SMILES string of the molecule is O=C1NC(=O)[C@H](C#Cc2ccc3c(c2)CCC32NC(=O)NC2=O)N1. The van der Waals surface area contributed by atoms with E-state index in [0.717, 1.165) is 11.1 Å². The summed E-state index contributed by atoms with van der Waals surface area (Å²) in [7, 11) is 0. The van der Waals surface area contributed by atoms with Crippen molar-refractivity contribution >= 4 is 23.9 Å². The summed E-state index contributed by atoms with van der Waals surface area (Å²) in [5.41, 5.74) is 1.38. The van der Waals surface area contributed by atoms with Gasteiger partial charge in [0, 0.05) is 5.56 Å². The molecule has 0 aromatic heterocycles. The lowest BCUT2D eigenvalue weighted by Crippen LogP contribution is -2.41. The lowest BCUT2D eigenvalue weighted by molar-refractivity contribution is -0.124. The highest BCUT2D eigenvalue weighted by atomic mass is 16.2. The molecule has 1 unspecified atom stereocenters. The van der Waals surface area contributed by atoms with Gasteiger partial charge in [0.05, 0.1) is 0 Å². The quantitative estimate of drug-likeness (QED) is 0.370. The van der Waals surface area contributed by atoms with E-state index in [1.54, 1.807) is 12.1 Å². The first-order valence-electron chi connectivity index (χ1n) is 7.38. The normalized spacial score (nSPS) is 27.1. The third-order valence-corrected chi connectivity index (χ3v) is 4.41. The summed E-state index contributed by atoms with van der Waals surface area (Å²) in [6.07, 6.45) is 1.14. The van der Waals surface area contributed by atoms with E-state index in [-0.39, 0.29) is 5.91 Å². The van der Waals surface area contributed by atoms with Gasteiger partial charge in [0.1, 0.15) is 5.54 Å². The van der Waals surface area contributed by atoms with Crippen molar-refractivity contribution in [2.45, 2.75) is 24.4 Å². The van der Waals surface area contributed by atoms with Gasteiger partial charge in [0.2, 0.25) is 0 Å². The van der Waals surface area contributed by atoms with Crippen molar-refractivity contribution in [1.29, 1.82) is 0 Å². The predicted octanol–water partition coefficient (Wildman–Crippen LogP) is -0.773. The lowest BCUT2D eigenvalue weighted by Gasteiger charge is -2.20. The van der Waals surface area contributed by atoms with Gasteiger partial charge in [-0.25, -0.2) is 9.59 Å². The van der Waals surface area contributed by atoms with Gasteiger partial charge in [-0.3, -0.25) is 20.2 Å². The molecule has 4 N–H and O–H groups in total. The molecular weight excluding hydrogens is 312 g/mol. The van der Waals surface area contributed by atoms with Crippen LogP contribution in [0.2, 0.25) is 0 Å². The zero-order valence-electron chi connectivity index (χ0n) is 12.4. The molecule has 120 valence electrons. The number of amides is 6. The van der Waals surface area contributed by atoms with Crippen LogP contribution in [0.1, 0.15) is 23.1 Å². The highest BCUT2D eigenvalue weighted by molar-refractivity contribution is 6.08. The molecule has 2 heterocycles. The summed E-state index contributed by atoms with van der Waals surface area (Å²) in [5, 5.41) is 9.49. The van der Waals surface area contributed by atoms with E-state index in [1.807, 2.05) is 6.07 Å². The number of carbonyl (C=O) groups is 4. The highest BCUT2D eigenvalue weighted by Crippen LogP contribution is 2.39. The molecule has 1 spiro atoms. The summed E-state index contributed by atoms with van der Waals surface area (Å²) >= 11 is 0. The second-order valence-corrected chi connectivity index (χ2v) is 5.85. The maximum absolute atomic E-state index is 12.1. The molecule has 8 nitrogen and oxygen atoms in total. The average molecular weight is 324 g/mol. The summed E-state index contributed by atoms with van der Waals surface area (Å²) < 4.78 is 0. The number of hydrogen-bond acceptors (Lipinski definition) is 4. The maximum atomic E-state index is 12.1. The number of rotatable bonds is 0. The molecule has 2 aliphatic heterocycles. The van der Waals surface area contributed by atoms with Crippen molar-refractivity contribution in [2.75, 3.05) is 0 Å². The first-order chi connectivity index (χ1) is 11.5. The molecule has 8 heteroatoms. The monoisotopic (exact) mass is 324 g/mol. The smallest absolute Gasteiger partial charge is 0.319 e. The Morgan fingerprint density at radius 2 is 1.92 bits per heavy atom. The molecule has 1 aromatic carbocycles. The van der Waals surface area contributed by atoms with E-state index in [0.29, 0.717) is 18.4 Å². The first-order valence-corrected chi connectivity index (χ1v) is 7.38. The Morgan fingerprint density at radius 1 is 1.08 bits per heavy atom. The van der Waals surface area contributed by atoms with Crippen LogP contribution in [0.3, 0.4) is 0 Å². The Kier molecular flexibility index (Phi) is 2.87. The van der Waals surface area contributed by atoms with Crippen molar-refractivity contribution < 1.29 is 19.2 Å². The second kappa shape index (κ2) is 4.83. The number of hydrogen-bond donors (Lipinski definition) is 4. The van der Waals surface area contributed by atoms with Gasteiger partial charge in [-0.2, -0.15) is 0 Å². The predicted molar refractivity (Wildman–Crippen MR) is 80.5 cm³/mol. The fourth-order valence-corrected chi connectivity index (χ4v) is 3.28. The summed E-state index contributed by atoms with van der Waals surface area (Å²) in [6.45, 7) is 0. The molecule has 2 saturated heterocycles. The van der Waals surface area contributed by atoms with E-state index in [1.165, 1.54) is 0 Å². The molecule has 3 aliphatic rings. The van der Waals surface area contributed by atoms with Gasteiger partial charge < -0.3 is 10.6 Å². The van der Waals surface area contributed by atoms with E-state index in [9.17, 15) is 19.2 Å². The number of carbonyl (C=O) groups excluding carboxylic acids is 4. The minimum atomic E-state index is -0.988. The van der Waals surface area contributed by atoms with E-state index in [4.69, 9.17) is 0 Å². The Morgan fingerprint density at radius 3 is 2.58 bits per heavy atom. The molecule has 4 rings (SSSR count). The topological polar surface area (TPSA) is 116 Å². The van der Waals surface area contributed by atoms with Crippen LogP contribution in [0.15, 0.2) is 18.2 Å². The van der Waals surface area contributed by atoms with Crippen molar-refractivity contribution in [3.8, 4) is 11.8 Å². The van der Waals surface area contributed by atoms with Gasteiger partial charge in [0.15, 0.2) is 6.04 Å². The minimum Gasteiger partial charge on any atom is -0.319 e. The van der Waals surface area contributed by atoms with Crippen molar-refractivity contribution in [2.24, 2.45) is 0 Å². The molecule has 1 aromatic rings. The van der Waals surface area contributed by atoms with Gasteiger partial charge >= 0.3 is 12.1 Å². The van der Waals surface area contributed by atoms with E-state index < -0.39 is 29.6 Å². The van der Waals surface area contributed by atoms with E-state index in [2.05, 4.69) is 33.1 Å². The fourth-order valence-electron chi connectivity index (χ4n) is 3.28. The highest BCUT2D eigenvalue weighted by Gasteiger charge is 2.51. The molecule has 2 fully saturated rings. The number of benzene rings is 1. The maximum Gasteiger partial charge on any atom is 0.322 e. The Labute approximate surface area is 136 Å². The zero-order chi connectivity index (χ0) is 16.9. The van der Waals surface area contributed by atoms with Gasteiger partial charge in [-0.1, -0.05) is 17.9 Å². The number of aryl methyl sites for hydroxylation is 1. The lowest BCUT2D eigenvalue weighted by atomic mass is 9.91. The van der Waals surface area contributed by atoms with E-state index >= 15 is 0 Å².